The van der Waals surface area contributed by atoms with E-state index in [9.17, 15) is 0 Å². The van der Waals surface area contributed by atoms with Crippen LogP contribution in [0.15, 0.2) is 231 Å². The minimum absolute atomic E-state index is 0. The Morgan fingerprint density at radius 1 is 0.291 bits per heavy atom. The van der Waals surface area contributed by atoms with Gasteiger partial charge in [-0.05, 0) is 110 Å². The molecule has 268 valence electrons. The molecule has 2 nitrogen and oxygen atoms in total. The van der Waals surface area contributed by atoms with Gasteiger partial charge in [0.2, 0.25) is 0 Å². The molecule has 0 amide bonds. The minimum atomic E-state index is -0.877. The summed E-state index contributed by atoms with van der Waals surface area (Å²) in [6.07, 6.45) is 19.9. The van der Waals surface area contributed by atoms with E-state index in [1.165, 1.54) is 31.8 Å². The molecule has 0 spiro atoms. The first-order valence-electron chi connectivity index (χ1n) is 17.5. The van der Waals surface area contributed by atoms with Crippen molar-refractivity contribution in [2.24, 2.45) is 0 Å². The molecule has 0 N–H and O–H groups in total. The van der Waals surface area contributed by atoms with Gasteiger partial charge in [0.1, 0.15) is 31.8 Å². The first kappa shape index (κ1) is 42.0. The van der Waals surface area contributed by atoms with Crippen LogP contribution in [-0.2, 0) is 21.1 Å². The van der Waals surface area contributed by atoms with Crippen LogP contribution in [-0.4, -0.2) is 9.97 Å². The van der Waals surface area contributed by atoms with Crippen molar-refractivity contribution in [3.8, 4) is 11.8 Å². The van der Waals surface area contributed by atoms with Gasteiger partial charge >= 0.3 is 0 Å². The van der Waals surface area contributed by atoms with Crippen molar-refractivity contribution in [2.45, 2.75) is 0 Å². The third kappa shape index (κ3) is 13.9. The van der Waals surface area contributed by atoms with Crippen molar-refractivity contribution in [3.63, 3.8) is 0 Å². The number of hydrogen-bond donors (Lipinski definition) is 0. The molecular formula is C50H40N2P2Pt+2. The topological polar surface area (TPSA) is 25.8 Å². The molecular weight excluding hydrogens is 886 g/mol. The quantitative estimate of drug-likeness (QED) is 0.124. The van der Waals surface area contributed by atoms with Crippen LogP contribution in [0.3, 0.4) is 0 Å². The molecule has 0 aliphatic rings. The Kier molecular flexibility index (Phi) is 18.8. The molecule has 5 heteroatoms. The Hall–Kier alpha value is -5.71. The first-order valence-corrected chi connectivity index (χ1v) is 20.5. The molecule has 0 saturated carbocycles. The van der Waals surface area contributed by atoms with Crippen molar-refractivity contribution in [1.82, 2.24) is 9.97 Å². The van der Waals surface area contributed by atoms with Gasteiger partial charge in [0.25, 0.3) is 0 Å². The van der Waals surface area contributed by atoms with Gasteiger partial charge in [0.15, 0.2) is 0 Å². The van der Waals surface area contributed by atoms with Gasteiger partial charge in [-0.25, -0.2) is 0 Å². The Bertz CT molecular complexity index is 1910. The van der Waals surface area contributed by atoms with E-state index in [0.717, 1.165) is 11.1 Å². The van der Waals surface area contributed by atoms with Crippen molar-refractivity contribution >= 4 is 47.7 Å². The molecule has 2 radical (unpaired) electrons. The molecule has 55 heavy (non-hydrogen) atoms. The van der Waals surface area contributed by atoms with E-state index in [1.807, 2.05) is 0 Å². The van der Waals surface area contributed by atoms with Gasteiger partial charge in [-0.1, -0.05) is 121 Å². The van der Waals surface area contributed by atoms with E-state index >= 15 is 0 Å². The molecule has 0 aliphatic carbocycles. The second kappa shape index (κ2) is 24.6. The maximum atomic E-state index is 6.67. The number of hydrogen-bond acceptors (Lipinski definition) is 2. The van der Waals surface area contributed by atoms with Crippen LogP contribution in [0, 0.1) is 24.7 Å². The minimum Gasteiger partial charge on any atom is -0.265 e. The third-order valence-corrected chi connectivity index (χ3v) is 13.5. The molecule has 6 aromatic carbocycles. The van der Waals surface area contributed by atoms with Crippen molar-refractivity contribution in [3.05, 3.63) is 255 Å². The Balaban J connectivity index is 0.000000175. The van der Waals surface area contributed by atoms with Crippen LogP contribution < -0.4 is 31.8 Å². The summed E-state index contributed by atoms with van der Waals surface area (Å²) in [7, 11) is -1.75. The predicted molar refractivity (Wildman–Crippen MR) is 234 cm³/mol. The van der Waals surface area contributed by atoms with Crippen LogP contribution in [0.5, 0.6) is 0 Å². The summed E-state index contributed by atoms with van der Waals surface area (Å²) < 4.78 is 0. The number of rotatable bonds is 6. The number of benzene rings is 6. The smallest absolute Gasteiger partial charge is 0.102 e. The zero-order valence-electron chi connectivity index (χ0n) is 30.1. The van der Waals surface area contributed by atoms with E-state index < -0.39 is 15.8 Å². The normalized spacial score (nSPS) is 9.60. The van der Waals surface area contributed by atoms with Gasteiger partial charge < -0.3 is 0 Å². The van der Waals surface area contributed by atoms with Gasteiger partial charge in [-0.2, -0.15) is 0 Å². The molecule has 8 aromatic rings. The van der Waals surface area contributed by atoms with Gasteiger partial charge in [0, 0.05) is 57.0 Å². The molecule has 0 atom stereocenters. The van der Waals surface area contributed by atoms with Crippen molar-refractivity contribution in [1.29, 1.82) is 0 Å². The zero-order chi connectivity index (χ0) is 37.5. The number of pyridine rings is 2. The summed E-state index contributed by atoms with van der Waals surface area (Å²) >= 11 is 0. The third-order valence-electron chi connectivity index (χ3n) is 8.02. The maximum absolute atomic E-state index is 6.67. The van der Waals surface area contributed by atoms with Crippen molar-refractivity contribution < 1.29 is 21.1 Å². The standard InChI is InChI=1S/2C18H15P.2C7H4N.Pt/c2*1-4-10-16(11-5-1)19(17-12-6-2-7-13-17)18-14-8-3-9-15-18;2*1-2-7-3-5-8-6-4-7;/h2*1-15H;2*3-6H;/p+2. The van der Waals surface area contributed by atoms with Gasteiger partial charge in [-0.3, -0.25) is 9.97 Å². The van der Waals surface area contributed by atoms with Crippen LogP contribution >= 0.6 is 15.8 Å². The van der Waals surface area contributed by atoms with Crippen LogP contribution in [0.4, 0.5) is 0 Å². The molecule has 0 saturated heterocycles. The molecule has 2 heterocycles. The van der Waals surface area contributed by atoms with E-state index in [2.05, 4.69) is 204 Å². The molecule has 0 fully saturated rings. The van der Waals surface area contributed by atoms with E-state index in [4.69, 9.17) is 12.8 Å². The first-order chi connectivity index (χ1) is 26.8. The van der Waals surface area contributed by atoms with Crippen LogP contribution in [0.25, 0.3) is 0 Å². The fourth-order valence-electron chi connectivity index (χ4n) is 5.50. The predicted octanol–water partition coefficient (Wildman–Crippen LogP) is 8.39. The SMILES string of the molecule is [C]#Cc1ccncc1.[C]#Cc1ccncc1.[Pt].c1ccc([PH+](c2ccccc2)c2ccccc2)cc1.c1ccc([PH+](c2ccccc2)c2ccccc2)cc1. The fourth-order valence-corrected chi connectivity index (χ4v) is 10.7. The molecule has 0 aliphatic heterocycles. The van der Waals surface area contributed by atoms with Crippen molar-refractivity contribution in [2.75, 3.05) is 0 Å². The summed E-state index contributed by atoms with van der Waals surface area (Å²) in [5, 5.41) is 8.61. The average Bonchev–Trinajstić information content (AvgIpc) is 3.27. The zero-order valence-corrected chi connectivity index (χ0v) is 34.4. The Morgan fingerprint density at radius 3 is 0.618 bits per heavy atom. The Morgan fingerprint density at radius 2 is 0.473 bits per heavy atom. The second-order valence-electron chi connectivity index (χ2n) is 11.7. The molecule has 8 rings (SSSR count). The second-order valence-corrected chi connectivity index (χ2v) is 16.6. The van der Waals surface area contributed by atoms with Gasteiger partial charge in [0.05, 0.1) is 15.8 Å². The Labute approximate surface area is 343 Å². The molecule has 0 bridgehead atoms. The average molecular weight is 926 g/mol. The summed E-state index contributed by atoms with van der Waals surface area (Å²) in [5.74, 6) is 4.47. The molecule has 2 aromatic heterocycles. The summed E-state index contributed by atoms with van der Waals surface area (Å²) in [5.41, 5.74) is 1.53. The van der Waals surface area contributed by atoms with E-state index in [-0.39, 0.29) is 21.1 Å². The van der Waals surface area contributed by atoms with Crippen LogP contribution in [0.1, 0.15) is 11.1 Å². The van der Waals surface area contributed by atoms with E-state index in [0.29, 0.717) is 0 Å². The summed E-state index contributed by atoms with van der Waals surface area (Å²) in [6, 6.07) is 71.9. The summed E-state index contributed by atoms with van der Waals surface area (Å²) in [6.45, 7) is 0. The van der Waals surface area contributed by atoms with Crippen LogP contribution in [0.2, 0.25) is 0 Å². The summed E-state index contributed by atoms with van der Waals surface area (Å²) in [4.78, 5) is 7.54. The van der Waals surface area contributed by atoms with E-state index in [1.54, 1.807) is 49.1 Å². The fraction of sp³-hybridized carbons (Fsp3) is 0. The monoisotopic (exact) mass is 925 g/mol. The van der Waals surface area contributed by atoms with Gasteiger partial charge in [-0.15, -0.1) is 0 Å². The largest absolute Gasteiger partial charge is 0.265 e. The molecule has 0 unspecified atom stereocenters. The number of nitrogens with zero attached hydrogens (tertiary/aromatic N) is 2. The maximum Gasteiger partial charge on any atom is 0.102 e. The number of aromatic nitrogens is 2.